The van der Waals surface area contributed by atoms with Gasteiger partial charge in [0.15, 0.2) is 0 Å². The zero-order chi connectivity index (χ0) is 17.9. The number of carbonyl (C=O) groups is 2. The molecule has 130 valence electrons. The molecule has 0 saturated heterocycles. The summed E-state index contributed by atoms with van der Waals surface area (Å²) in [5, 5.41) is 0.712. The number of nitrogens with zero attached hydrogens (tertiary/aromatic N) is 2. The van der Waals surface area contributed by atoms with E-state index in [-0.39, 0.29) is 30.6 Å². The summed E-state index contributed by atoms with van der Waals surface area (Å²) in [4.78, 5) is 30.9. The fraction of sp³-hybridized carbons (Fsp3) is 0.444. The fourth-order valence-corrected chi connectivity index (χ4v) is 2.84. The molecule has 0 bridgehead atoms. The molecule has 0 radical (unpaired) electrons. The number of fused-ring (bicyclic) bond motifs is 1. The van der Waals surface area contributed by atoms with E-state index in [4.69, 9.17) is 0 Å². The van der Waals surface area contributed by atoms with Gasteiger partial charge >= 0.3 is 0 Å². The van der Waals surface area contributed by atoms with E-state index in [1.807, 2.05) is 20.8 Å². The highest BCUT2D eigenvalue weighted by molar-refractivity contribution is 5.91. The van der Waals surface area contributed by atoms with Gasteiger partial charge in [-0.1, -0.05) is 0 Å². The van der Waals surface area contributed by atoms with Gasteiger partial charge in [0.1, 0.15) is 5.82 Å². The van der Waals surface area contributed by atoms with Crippen LogP contribution < -0.4 is 0 Å². The topological polar surface area (TPSA) is 56.4 Å². The van der Waals surface area contributed by atoms with Crippen LogP contribution in [-0.4, -0.2) is 53.3 Å². The number of likely N-dealkylation sites (N-methyl/N-ethyl adjacent to an activating group) is 2. The third-order valence-corrected chi connectivity index (χ3v) is 4.32. The second-order valence-electron chi connectivity index (χ2n) is 5.91. The normalized spacial score (nSPS) is 10.9. The van der Waals surface area contributed by atoms with Crippen molar-refractivity contribution in [2.75, 3.05) is 26.7 Å². The van der Waals surface area contributed by atoms with E-state index < -0.39 is 0 Å². The summed E-state index contributed by atoms with van der Waals surface area (Å²) in [5.41, 5.74) is 2.42. The minimum absolute atomic E-state index is 0.0519. The predicted molar refractivity (Wildman–Crippen MR) is 92.3 cm³/mol. The van der Waals surface area contributed by atoms with Crippen LogP contribution in [0.25, 0.3) is 10.9 Å². The smallest absolute Gasteiger partial charge is 0.242 e. The van der Waals surface area contributed by atoms with Crippen molar-refractivity contribution < 1.29 is 14.0 Å². The van der Waals surface area contributed by atoms with Crippen LogP contribution >= 0.6 is 0 Å². The second-order valence-corrected chi connectivity index (χ2v) is 5.91. The van der Waals surface area contributed by atoms with E-state index in [2.05, 4.69) is 4.98 Å². The standard InChI is InChI=1S/C18H24FN3O2/c1-5-22(6-2)18(24)11-21(4)17(23)10-14-12(3)20-16-8-7-13(19)9-15(14)16/h7-9,20H,5-6,10-11H2,1-4H3. The van der Waals surface area contributed by atoms with Crippen LogP contribution in [0.15, 0.2) is 18.2 Å². The van der Waals surface area contributed by atoms with E-state index >= 15 is 0 Å². The van der Waals surface area contributed by atoms with Crippen LogP contribution in [0.4, 0.5) is 4.39 Å². The maximum atomic E-state index is 13.5. The van der Waals surface area contributed by atoms with E-state index in [1.165, 1.54) is 17.0 Å². The molecule has 2 rings (SSSR count). The number of H-pyrrole nitrogens is 1. The zero-order valence-corrected chi connectivity index (χ0v) is 14.6. The Labute approximate surface area is 141 Å². The summed E-state index contributed by atoms with van der Waals surface area (Å²) >= 11 is 0. The number of benzene rings is 1. The molecule has 1 heterocycles. The Balaban J connectivity index is 2.13. The van der Waals surface area contributed by atoms with Gasteiger partial charge < -0.3 is 14.8 Å². The molecule has 6 heteroatoms. The SMILES string of the molecule is CCN(CC)C(=O)CN(C)C(=O)Cc1c(C)[nH]c2ccc(F)cc12. The van der Waals surface area contributed by atoms with Gasteiger partial charge in [-0.25, -0.2) is 4.39 Å². The van der Waals surface area contributed by atoms with Crippen molar-refractivity contribution in [2.24, 2.45) is 0 Å². The maximum absolute atomic E-state index is 13.5. The summed E-state index contributed by atoms with van der Waals surface area (Å²) in [6, 6.07) is 4.49. The Morgan fingerprint density at radius 1 is 1.17 bits per heavy atom. The lowest BCUT2D eigenvalue weighted by atomic mass is 10.1. The van der Waals surface area contributed by atoms with Crippen LogP contribution in [0.1, 0.15) is 25.1 Å². The molecule has 24 heavy (non-hydrogen) atoms. The number of carbonyl (C=O) groups excluding carboxylic acids is 2. The van der Waals surface area contributed by atoms with E-state index in [9.17, 15) is 14.0 Å². The monoisotopic (exact) mass is 333 g/mol. The largest absolute Gasteiger partial charge is 0.358 e. The van der Waals surface area contributed by atoms with Gasteiger partial charge in [-0.15, -0.1) is 0 Å². The predicted octanol–water partition coefficient (Wildman–Crippen LogP) is 2.48. The Hall–Kier alpha value is -2.37. The first-order valence-electron chi connectivity index (χ1n) is 8.15. The van der Waals surface area contributed by atoms with Crippen LogP contribution in [0.2, 0.25) is 0 Å². The summed E-state index contributed by atoms with van der Waals surface area (Å²) in [6.45, 7) is 6.98. The molecule has 0 saturated carbocycles. The summed E-state index contributed by atoms with van der Waals surface area (Å²) in [6.07, 6.45) is 0.136. The van der Waals surface area contributed by atoms with Crippen molar-refractivity contribution in [3.63, 3.8) is 0 Å². The van der Waals surface area contributed by atoms with Crippen molar-refractivity contribution in [3.05, 3.63) is 35.3 Å². The summed E-state index contributed by atoms with van der Waals surface area (Å²) in [7, 11) is 1.62. The molecule has 2 aromatic rings. The minimum atomic E-state index is -0.333. The van der Waals surface area contributed by atoms with Crippen molar-refractivity contribution in [1.82, 2.24) is 14.8 Å². The number of nitrogens with one attached hydrogen (secondary N) is 1. The van der Waals surface area contributed by atoms with Crippen LogP contribution in [-0.2, 0) is 16.0 Å². The minimum Gasteiger partial charge on any atom is -0.358 e. The van der Waals surface area contributed by atoms with E-state index in [1.54, 1.807) is 18.0 Å². The number of aryl methyl sites for hydroxylation is 1. The number of aromatic amines is 1. The molecular weight excluding hydrogens is 309 g/mol. The number of rotatable bonds is 6. The lowest BCUT2D eigenvalue weighted by molar-refractivity contribution is -0.138. The third kappa shape index (κ3) is 3.75. The molecule has 1 N–H and O–H groups in total. The number of hydrogen-bond acceptors (Lipinski definition) is 2. The van der Waals surface area contributed by atoms with Gasteiger partial charge in [-0.2, -0.15) is 0 Å². The number of amides is 2. The molecule has 0 atom stereocenters. The van der Waals surface area contributed by atoms with Crippen molar-refractivity contribution >= 4 is 22.7 Å². The van der Waals surface area contributed by atoms with Crippen molar-refractivity contribution in [3.8, 4) is 0 Å². The second kappa shape index (κ2) is 7.47. The molecule has 1 aromatic carbocycles. The summed E-state index contributed by atoms with van der Waals surface area (Å²) < 4.78 is 13.5. The van der Waals surface area contributed by atoms with Crippen LogP contribution in [0.3, 0.4) is 0 Å². The van der Waals surface area contributed by atoms with Crippen molar-refractivity contribution in [1.29, 1.82) is 0 Å². The molecule has 0 fully saturated rings. The van der Waals surface area contributed by atoms with E-state index in [0.717, 1.165) is 16.8 Å². The highest BCUT2D eigenvalue weighted by Crippen LogP contribution is 2.24. The van der Waals surface area contributed by atoms with Gasteiger partial charge in [0.2, 0.25) is 11.8 Å². The Kier molecular flexibility index (Phi) is 5.59. The Bertz CT molecular complexity index is 750. The molecule has 1 aromatic heterocycles. The van der Waals surface area contributed by atoms with Crippen LogP contribution in [0.5, 0.6) is 0 Å². The van der Waals surface area contributed by atoms with E-state index in [0.29, 0.717) is 18.5 Å². The summed E-state index contributed by atoms with van der Waals surface area (Å²) in [5.74, 6) is -0.568. The molecule has 0 aliphatic carbocycles. The first-order chi connectivity index (χ1) is 11.4. The average molecular weight is 333 g/mol. The fourth-order valence-electron chi connectivity index (χ4n) is 2.84. The van der Waals surface area contributed by atoms with Crippen molar-refractivity contribution in [2.45, 2.75) is 27.2 Å². The molecule has 5 nitrogen and oxygen atoms in total. The van der Waals surface area contributed by atoms with Gasteiger partial charge in [0.05, 0.1) is 13.0 Å². The highest BCUT2D eigenvalue weighted by Gasteiger charge is 2.19. The molecule has 0 spiro atoms. The molecule has 2 amide bonds. The number of aromatic nitrogens is 1. The highest BCUT2D eigenvalue weighted by atomic mass is 19.1. The Morgan fingerprint density at radius 3 is 2.46 bits per heavy atom. The van der Waals surface area contributed by atoms with Crippen LogP contribution in [0, 0.1) is 12.7 Å². The molecule has 0 unspecified atom stereocenters. The lowest BCUT2D eigenvalue weighted by Gasteiger charge is -2.23. The van der Waals surface area contributed by atoms with Gasteiger partial charge in [0, 0.05) is 36.7 Å². The Morgan fingerprint density at radius 2 is 1.83 bits per heavy atom. The van der Waals surface area contributed by atoms with Gasteiger partial charge in [-0.05, 0) is 44.5 Å². The maximum Gasteiger partial charge on any atom is 0.242 e. The lowest BCUT2D eigenvalue weighted by Crippen LogP contribution is -2.41. The first-order valence-corrected chi connectivity index (χ1v) is 8.15. The first kappa shape index (κ1) is 18.0. The quantitative estimate of drug-likeness (QED) is 0.883. The van der Waals surface area contributed by atoms with Gasteiger partial charge in [-0.3, -0.25) is 9.59 Å². The number of halogens is 1. The third-order valence-electron chi connectivity index (χ3n) is 4.32. The van der Waals surface area contributed by atoms with Gasteiger partial charge in [0.25, 0.3) is 0 Å². The average Bonchev–Trinajstić information content (AvgIpc) is 2.84. The number of hydrogen-bond donors (Lipinski definition) is 1. The molecule has 0 aliphatic heterocycles. The molecule has 0 aliphatic rings. The zero-order valence-electron chi connectivity index (χ0n) is 14.6. The molecular formula is C18H24FN3O2.